The molecule has 7 nitrogen and oxygen atoms in total. The predicted molar refractivity (Wildman–Crippen MR) is 110 cm³/mol. The number of likely N-dealkylation sites (N-methyl/N-ethyl adjacent to an activating group) is 1. The molecular formula is C21H31N3O4S. The first-order valence-corrected chi connectivity index (χ1v) is 12.0. The maximum atomic E-state index is 13.0. The van der Waals surface area contributed by atoms with Crippen LogP contribution in [0, 0.1) is 0 Å². The molecule has 0 atom stereocenters. The van der Waals surface area contributed by atoms with Gasteiger partial charge in [0, 0.05) is 45.9 Å². The highest BCUT2D eigenvalue weighted by Crippen LogP contribution is 2.39. The average molecular weight is 422 g/mol. The minimum Gasteiger partial charge on any atom is -0.381 e. The number of amides is 2. The topological polar surface area (TPSA) is 70.2 Å². The first-order chi connectivity index (χ1) is 13.9. The number of urea groups is 1. The molecule has 2 amide bonds. The van der Waals surface area contributed by atoms with Crippen molar-refractivity contribution < 1.29 is 17.9 Å². The van der Waals surface area contributed by atoms with E-state index >= 15 is 0 Å². The first kappa shape index (κ1) is 20.6. The summed E-state index contributed by atoms with van der Waals surface area (Å²) in [6.45, 7) is 5.04. The Morgan fingerprint density at radius 2 is 1.72 bits per heavy atom. The van der Waals surface area contributed by atoms with Crippen molar-refractivity contribution in [2.24, 2.45) is 0 Å². The predicted octanol–water partition coefficient (Wildman–Crippen LogP) is 2.32. The van der Waals surface area contributed by atoms with Gasteiger partial charge in [-0.1, -0.05) is 19.1 Å². The number of piperidine rings is 1. The molecule has 0 saturated carbocycles. The zero-order valence-corrected chi connectivity index (χ0v) is 18.2. The maximum absolute atomic E-state index is 13.0. The Kier molecular flexibility index (Phi) is 5.61. The second-order valence-electron chi connectivity index (χ2n) is 8.48. The van der Waals surface area contributed by atoms with E-state index in [9.17, 15) is 13.2 Å². The van der Waals surface area contributed by atoms with Gasteiger partial charge in [-0.2, -0.15) is 4.31 Å². The molecule has 8 heteroatoms. The summed E-state index contributed by atoms with van der Waals surface area (Å²) in [5.41, 5.74) is 0.965. The molecule has 1 spiro atoms. The molecule has 160 valence electrons. The van der Waals surface area contributed by atoms with E-state index in [1.54, 1.807) is 16.4 Å². The van der Waals surface area contributed by atoms with Crippen molar-refractivity contribution in [3.8, 4) is 0 Å². The second kappa shape index (κ2) is 7.89. The van der Waals surface area contributed by atoms with Crippen molar-refractivity contribution in [3.05, 3.63) is 29.8 Å². The number of aryl methyl sites for hydroxylation is 1. The van der Waals surface area contributed by atoms with Crippen LogP contribution in [0.1, 0.15) is 38.2 Å². The molecule has 3 fully saturated rings. The fourth-order valence-electron chi connectivity index (χ4n) is 5.05. The van der Waals surface area contributed by atoms with Crippen molar-refractivity contribution in [1.82, 2.24) is 14.1 Å². The van der Waals surface area contributed by atoms with E-state index in [-0.39, 0.29) is 17.6 Å². The van der Waals surface area contributed by atoms with Crippen LogP contribution in [0.15, 0.2) is 29.2 Å². The third-order valence-corrected chi connectivity index (χ3v) is 8.67. The summed E-state index contributed by atoms with van der Waals surface area (Å²) in [6.07, 6.45) is 3.94. The first-order valence-electron chi connectivity index (χ1n) is 10.6. The van der Waals surface area contributed by atoms with Gasteiger partial charge in [0.2, 0.25) is 10.0 Å². The minimum atomic E-state index is -3.49. The Balaban J connectivity index is 1.47. The molecule has 29 heavy (non-hydrogen) atoms. The highest BCUT2D eigenvalue weighted by atomic mass is 32.2. The van der Waals surface area contributed by atoms with E-state index in [0.29, 0.717) is 44.0 Å². The van der Waals surface area contributed by atoms with Crippen molar-refractivity contribution in [3.63, 3.8) is 0 Å². The molecule has 3 heterocycles. The van der Waals surface area contributed by atoms with Crippen molar-refractivity contribution in [1.29, 1.82) is 0 Å². The van der Waals surface area contributed by atoms with Gasteiger partial charge in [-0.25, -0.2) is 13.2 Å². The summed E-state index contributed by atoms with van der Waals surface area (Å²) in [5.74, 6) is 0. The van der Waals surface area contributed by atoms with Gasteiger partial charge >= 0.3 is 6.03 Å². The Bertz CT molecular complexity index is 841. The van der Waals surface area contributed by atoms with E-state index in [1.165, 1.54) is 0 Å². The number of ether oxygens (including phenoxy) is 1. The Morgan fingerprint density at radius 1 is 1.10 bits per heavy atom. The lowest BCUT2D eigenvalue weighted by atomic mass is 9.87. The van der Waals surface area contributed by atoms with Crippen LogP contribution in [0.4, 0.5) is 4.79 Å². The van der Waals surface area contributed by atoms with E-state index < -0.39 is 10.0 Å². The molecule has 0 unspecified atom stereocenters. The average Bonchev–Trinajstić information content (AvgIpc) is 2.97. The van der Waals surface area contributed by atoms with Gasteiger partial charge in [0.15, 0.2) is 0 Å². The number of carbonyl (C=O) groups is 1. The van der Waals surface area contributed by atoms with Crippen molar-refractivity contribution >= 4 is 16.1 Å². The lowest BCUT2D eigenvalue weighted by molar-refractivity contribution is -0.0129. The van der Waals surface area contributed by atoms with Gasteiger partial charge in [0.1, 0.15) is 0 Å². The summed E-state index contributed by atoms with van der Waals surface area (Å²) in [5, 5.41) is 0. The monoisotopic (exact) mass is 421 g/mol. The third kappa shape index (κ3) is 3.66. The SMILES string of the molecule is CCc1ccc(S(=O)(=O)N2CCC(N3C(=O)N(C)CC34CCOCC4)CC2)cc1. The molecular weight excluding hydrogens is 390 g/mol. The van der Waals surface area contributed by atoms with Crippen LogP contribution in [-0.2, 0) is 21.2 Å². The molecule has 0 bridgehead atoms. The lowest BCUT2D eigenvalue weighted by Crippen LogP contribution is -2.57. The molecule has 1 aromatic carbocycles. The summed E-state index contributed by atoms with van der Waals surface area (Å²) >= 11 is 0. The van der Waals surface area contributed by atoms with Crippen LogP contribution in [0.5, 0.6) is 0 Å². The lowest BCUT2D eigenvalue weighted by Gasteiger charge is -2.46. The van der Waals surface area contributed by atoms with E-state index in [1.807, 2.05) is 24.1 Å². The fraction of sp³-hybridized carbons (Fsp3) is 0.667. The van der Waals surface area contributed by atoms with Crippen LogP contribution in [0.3, 0.4) is 0 Å². The van der Waals surface area contributed by atoms with Gasteiger partial charge in [-0.15, -0.1) is 0 Å². The highest BCUT2D eigenvalue weighted by molar-refractivity contribution is 7.89. The number of carbonyl (C=O) groups excluding carboxylic acids is 1. The smallest absolute Gasteiger partial charge is 0.320 e. The normalized spacial score (nSPS) is 23.9. The van der Waals surface area contributed by atoms with E-state index in [2.05, 4.69) is 11.8 Å². The van der Waals surface area contributed by atoms with Crippen molar-refractivity contribution in [2.45, 2.75) is 55.5 Å². The highest BCUT2D eigenvalue weighted by Gasteiger charge is 2.52. The number of rotatable bonds is 4. The molecule has 4 rings (SSSR count). The molecule has 1 aromatic rings. The number of hydrogen-bond acceptors (Lipinski definition) is 4. The Labute approximate surface area is 173 Å². The van der Waals surface area contributed by atoms with Gasteiger partial charge in [0.25, 0.3) is 0 Å². The quantitative estimate of drug-likeness (QED) is 0.748. The summed E-state index contributed by atoms with van der Waals surface area (Å²) in [6, 6.07) is 7.33. The van der Waals surface area contributed by atoms with Gasteiger partial charge in [-0.05, 0) is 49.8 Å². The summed E-state index contributed by atoms with van der Waals surface area (Å²) < 4.78 is 33.2. The second-order valence-corrected chi connectivity index (χ2v) is 10.4. The van der Waals surface area contributed by atoms with Crippen LogP contribution < -0.4 is 0 Å². The summed E-state index contributed by atoms with van der Waals surface area (Å²) in [4.78, 5) is 17.1. The molecule has 3 aliphatic rings. The van der Waals surface area contributed by atoms with Gasteiger partial charge in [0.05, 0.1) is 10.4 Å². The van der Waals surface area contributed by atoms with Crippen LogP contribution in [0.2, 0.25) is 0 Å². The van der Waals surface area contributed by atoms with Crippen LogP contribution in [0.25, 0.3) is 0 Å². The van der Waals surface area contributed by atoms with Crippen LogP contribution >= 0.6 is 0 Å². The minimum absolute atomic E-state index is 0.0726. The third-order valence-electron chi connectivity index (χ3n) is 6.76. The Hall–Kier alpha value is -1.64. The number of hydrogen-bond donors (Lipinski definition) is 0. The number of sulfonamides is 1. The van der Waals surface area contributed by atoms with E-state index in [0.717, 1.165) is 31.4 Å². The van der Waals surface area contributed by atoms with Gasteiger partial charge < -0.3 is 14.5 Å². The van der Waals surface area contributed by atoms with Crippen LogP contribution in [-0.4, -0.2) is 80.0 Å². The zero-order valence-electron chi connectivity index (χ0n) is 17.3. The van der Waals surface area contributed by atoms with Crippen molar-refractivity contribution in [2.75, 3.05) is 39.9 Å². The standard InChI is InChI=1S/C21H31N3O4S/c1-3-17-4-6-19(7-5-17)29(26,27)23-12-8-18(9-13-23)24-20(25)22(2)16-21(24)10-14-28-15-11-21/h4-7,18H,3,8-16H2,1-2H3. The van der Waals surface area contributed by atoms with Gasteiger partial charge in [-0.3, -0.25) is 0 Å². The van der Waals surface area contributed by atoms with E-state index in [4.69, 9.17) is 4.74 Å². The number of benzene rings is 1. The molecule has 3 saturated heterocycles. The molecule has 0 radical (unpaired) electrons. The largest absolute Gasteiger partial charge is 0.381 e. The maximum Gasteiger partial charge on any atom is 0.320 e. The molecule has 0 aromatic heterocycles. The molecule has 0 aliphatic carbocycles. The fourth-order valence-corrected chi connectivity index (χ4v) is 6.52. The molecule has 0 N–H and O–H groups in total. The Morgan fingerprint density at radius 3 is 2.31 bits per heavy atom. The summed E-state index contributed by atoms with van der Waals surface area (Å²) in [7, 11) is -1.63. The zero-order chi connectivity index (χ0) is 20.6. The number of nitrogens with zero attached hydrogens (tertiary/aromatic N) is 3. The molecule has 3 aliphatic heterocycles.